The van der Waals surface area contributed by atoms with Crippen molar-refractivity contribution in [3.05, 3.63) is 53.1 Å². The van der Waals surface area contributed by atoms with Crippen molar-refractivity contribution in [1.82, 2.24) is 0 Å². The third-order valence-electron chi connectivity index (χ3n) is 3.09. The molecule has 0 aliphatic rings. The van der Waals surface area contributed by atoms with Gasteiger partial charge in [-0.2, -0.15) is 0 Å². The number of nitrogens with zero attached hydrogens (tertiary/aromatic N) is 1. The van der Waals surface area contributed by atoms with Gasteiger partial charge in [-0.05, 0) is 42.2 Å². The van der Waals surface area contributed by atoms with Crippen LogP contribution in [0.15, 0.2) is 47.4 Å². The first-order valence-electron chi connectivity index (χ1n) is 6.44. The van der Waals surface area contributed by atoms with Gasteiger partial charge in [0, 0.05) is 31.2 Å². The zero-order valence-corrected chi connectivity index (χ0v) is 13.6. The first-order chi connectivity index (χ1) is 9.60. The van der Waals surface area contributed by atoms with Gasteiger partial charge in [-0.25, -0.2) is 0 Å². The maximum absolute atomic E-state index is 6.26. The van der Waals surface area contributed by atoms with Gasteiger partial charge in [0.25, 0.3) is 0 Å². The molecule has 2 aromatic carbocycles. The van der Waals surface area contributed by atoms with Crippen molar-refractivity contribution < 1.29 is 0 Å². The van der Waals surface area contributed by atoms with Crippen LogP contribution in [0.3, 0.4) is 0 Å². The van der Waals surface area contributed by atoms with Gasteiger partial charge >= 0.3 is 0 Å². The van der Waals surface area contributed by atoms with E-state index in [0.29, 0.717) is 0 Å². The lowest BCUT2D eigenvalue weighted by atomic mass is 10.2. The predicted octanol–water partition coefficient (Wildman–Crippen LogP) is 4.74. The molecule has 20 heavy (non-hydrogen) atoms. The molecule has 0 fully saturated rings. The Morgan fingerprint density at radius 2 is 1.80 bits per heavy atom. The maximum atomic E-state index is 6.26. The van der Waals surface area contributed by atoms with Crippen LogP contribution < -0.4 is 10.2 Å². The Labute approximate surface area is 130 Å². The fourth-order valence-corrected chi connectivity index (χ4v) is 2.68. The van der Waals surface area contributed by atoms with Crippen LogP contribution in [-0.2, 0) is 6.54 Å². The minimum absolute atomic E-state index is 0.762. The standard InChI is InChI=1S/C16H19ClN2S/c1-19(2)16-9-6-13(10-15(16)17)18-11-12-4-7-14(20-3)8-5-12/h4-10,18H,11H2,1-3H3. The van der Waals surface area contributed by atoms with Crippen LogP contribution in [-0.4, -0.2) is 20.4 Å². The van der Waals surface area contributed by atoms with Gasteiger partial charge in [0.1, 0.15) is 0 Å². The average Bonchev–Trinajstić information content (AvgIpc) is 2.45. The fourth-order valence-electron chi connectivity index (χ4n) is 1.93. The molecule has 1 N–H and O–H groups in total. The Hall–Kier alpha value is -1.32. The van der Waals surface area contributed by atoms with E-state index < -0.39 is 0 Å². The number of thioether (sulfide) groups is 1. The summed E-state index contributed by atoms with van der Waals surface area (Å²) in [4.78, 5) is 3.29. The van der Waals surface area contributed by atoms with Crippen LogP contribution in [0.4, 0.5) is 11.4 Å². The van der Waals surface area contributed by atoms with Gasteiger partial charge < -0.3 is 10.2 Å². The summed E-state index contributed by atoms with van der Waals surface area (Å²) in [6, 6.07) is 14.6. The number of halogens is 1. The number of benzene rings is 2. The van der Waals surface area contributed by atoms with E-state index in [0.717, 1.165) is 22.9 Å². The predicted molar refractivity (Wildman–Crippen MR) is 91.3 cm³/mol. The normalized spacial score (nSPS) is 10.4. The lowest BCUT2D eigenvalue weighted by Crippen LogP contribution is -2.09. The molecule has 0 saturated heterocycles. The molecular formula is C16H19ClN2S. The van der Waals surface area contributed by atoms with E-state index in [2.05, 4.69) is 41.9 Å². The van der Waals surface area contributed by atoms with Crippen LogP contribution >= 0.6 is 23.4 Å². The Kier molecular flexibility index (Phi) is 5.21. The van der Waals surface area contributed by atoms with E-state index in [9.17, 15) is 0 Å². The van der Waals surface area contributed by atoms with E-state index in [-0.39, 0.29) is 0 Å². The molecule has 0 atom stereocenters. The third kappa shape index (κ3) is 3.84. The molecule has 2 nitrogen and oxygen atoms in total. The van der Waals surface area contributed by atoms with Crippen molar-refractivity contribution >= 4 is 34.7 Å². The molecule has 0 aromatic heterocycles. The van der Waals surface area contributed by atoms with Crippen molar-refractivity contribution in [2.24, 2.45) is 0 Å². The van der Waals surface area contributed by atoms with Gasteiger partial charge in [0.15, 0.2) is 0 Å². The summed E-state index contributed by atoms with van der Waals surface area (Å²) in [6.07, 6.45) is 2.08. The second kappa shape index (κ2) is 6.91. The van der Waals surface area contributed by atoms with Gasteiger partial charge in [-0.1, -0.05) is 23.7 Å². The molecule has 0 radical (unpaired) electrons. The summed E-state index contributed by atoms with van der Waals surface area (Å²) >= 11 is 8.02. The van der Waals surface area contributed by atoms with Gasteiger partial charge in [-0.15, -0.1) is 11.8 Å². The zero-order chi connectivity index (χ0) is 14.5. The summed E-state index contributed by atoms with van der Waals surface area (Å²) in [5, 5.41) is 4.16. The summed E-state index contributed by atoms with van der Waals surface area (Å²) in [5.41, 5.74) is 3.33. The van der Waals surface area contributed by atoms with Crippen LogP contribution in [0.5, 0.6) is 0 Å². The van der Waals surface area contributed by atoms with E-state index in [1.54, 1.807) is 11.8 Å². The molecule has 106 valence electrons. The van der Waals surface area contributed by atoms with Gasteiger partial charge in [0.05, 0.1) is 10.7 Å². The largest absolute Gasteiger partial charge is 0.381 e. The van der Waals surface area contributed by atoms with Crippen LogP contribution in [0.2, 0.25) is 5.02 Å². The number of rotatable bonds is 5. The van der Waals surface area contributed by atoms with Gasteiger partial charge in [0.2, 0.25) is 0 Å². The molecule has 0 saturated carbocycles. The van der Waals surface area contributed by atoms with E-state index in [4.69, 9.17) is 11.6 Å². The second-order valence-electron chi connectivity index (χ2n) is 4.76. The molecular weight excluding hydrogens is 288 g/mol. The van der Waals surface area contributed by atoms with Crippen LogP contribution in [0.25, 0.3) is 0 Å². The summed E-state index contributed by atoms with van der Waals surface area (Å²) in [6.45, 7) is 0.798. The zero-order valence-electron chi connectivity index (χ0n) is 12.0. The molecule has 4 heteroatoms. The lowest BCUT2D eigenvalue weighted by Gasteiger charge is -2.15. The third-order valence-corrected chi connectivity index (χ3v) is 4.13. The van der Waals surface area contributed by atoms with Gasteiger partial charge in [-0.3, -0.25) is 0 Å². The fraction of sp³-hybridized carbons (Fsp3) is 0.250. The molecule has 0 aliphatic heterocycles. The number of anilines is 2. The summed E-state index contributed by atoms with van der Waals surface area (Å²) in [5.74, 6) is 0. The first-order valence-corrected chi connectivity index (χ1v) is 8.04. The van der Waals surface area contributed by atoms with E-state index in [1.165, 1.54) is 10.5 Å². The van der Waals surface area contributed by atoms with Crippen molar-refractivity contribution in [3.8, 4) is 0 Å². The minimum atomic E-state index is 0.762. The number of hydrogen-bond donors (Lipinski definition) is 1. The highest BCUT2D eigenvalue weighted by atomic mass is 35.5. The van der Waals surface area contributed by atoms with Crippen molar-refractivity contribution in [2.45, 2.75) is 11.4 Å². The van der Waals surface area contributed by atoms with Crippen LogP contribution in [0.1, 0.15) is 5.56 Å². The maximum Gasteiger partial charge on any atom is 0.0659 e. The first kappa shape index (κ1) is 15.1. The van der Waals surface area contributed by atoms with Crippen molar-refractivity contribution in [3.63, 3.8) is 0 Å². The smallest absolute Gasteiger partial charge is 0.0659 e. The highest BCUT2D eigenvalue weighted by Crippen LogP contribution is 2.27. The van der Waals surface area contributed by atoms with Crippen molar-refractivity contribution in [2.75, 3.05) is 30.6 Å². The molecule has 2 aromatic rings. The Morgan fingerprint density at radius 3 is 2.35 bits per heavy atom. The number of hydrogen-bond acceptors (Lipinski definition) is 3. The molecule has 0 spiro atoms. The minimum Gasteiger partial charge on any atom is -0.381 e. The SMILES string of the molecule is CSc1ccc(CNc2ccc(N(C)C)c(Cl)c2)cc1. The lowest BCUT2D eigenvalue weighted by molar-refractivity contribution is 1.12. The Bertz CT molecular complexity index is 567. The highest BCUT2D eigenvalue weighted by Gasteiger charge is 2.03. The second-order valence-corrected chi connectivity index (χ2v) is 6.05. The summed E-state index contributed by atoms with van der Waals surface area (Å²) in [7, 11) is 3.98. The molecule has 0 heterocycles. The summed E-state index contributed by atoms with van der Waals surface area (Å²) < 4.78 is 0. The number of nitrogens with one attached hydrogen (secondary N) is 1. The van der Waals surface area contributed by atoms with E-state index in [1.807, 2.05) is 31.1 Å². The van der Waals surface area contributed by atoms with Crippen LogP contribution in [0, 0.1) is 0 Å². The monoisotopic (exact) mass is 306 g/mol. The topological polar surface area (TPSA) is 15.3 Å². The molecule has 0 aliphatic carbocycles. The average molecular weight is 307 g/mol. The Morgan fingerprint density at radius 1 is 1.10 bits per heavy atom. The van der Waals surface area contributed by atoms with Crippen molar-refractivity contribution in [1.29, 1.82) is 0 Å². The quantitative estimate of drug-likeness (QED) is 0.803. The molecule has 0 bridgehead atoms. The Balaban J connectivity index is 2.01. The highest BCUT2D eigenvalue weighted by molar-refractivity contribution is 7.98. The molecule has 0 amide bonds. The molecule has 0 unspecified atom stereocenters. The van der Waals surface area contributed by atoms with E-state index >= 15 is 0 Å². The molecule has 2 rings (SSSR count).